The molecular formula is C21H30N4O. The number of rotatable bonds is 7. The molecule has 1 aliphatic rings. The highest BCUT2D eigenvalue weighted by molar-refractivity contribution is 5.94. The Morgan fingerprint density at radius 3 is 2.73 bits per heavy atom. The number of aromatic nitrogens is 3. The van der Waals surface area contributed by atoms with Crippen LogP contribution in [0, 0.1) is 11.3 Å². The fraction of sp³-hybridized carbons (Fsp3) is 0.571. The zero-order chi connectivity index (χ0) is 18.6. The number of carbonyl (C=O) groups is 1. The van der Waals surface area contributed by atoms with Gasteiger partial charge in [-0.05, 0) is 42.7 Å². The summed E-state index contributed by atoms with van der Waals surface area (Å²) in [5, 5.41) is 10.4. The Morgan fingerprint density at radius 2 is 2.08 bits per heavy atom. The van der Waals surface area contributed by atoms with Gasteiger partial charge in [0, 0.05) is 24.1 Å². The van der Waals surface area contributed by atoms with Crippen LogP contribution in [0.1, 0.15) is 69.1 Å². The van der Waals surface area contributed by atoms with E-state index >= 15 is 0 Å². The van der Waals surface area contributed by atoms with Gasteiger partial charge in [0.2, 0.25) is 0 Å². The molecule has 5 heteroatoms. The number of aryl methyl sites for hydroxylation is 1. The lowest BCUT2D eigenvalue weighted by atomic mass is 9.82. The molecule has 1 aromatic heterocycles. The molecular weight excluding hydrogens is 324 g/mol. The number of nitrogens with one attached hydrogen (secondary N) is 2. The summed E-state index contributed by atoms with van der Waals surface area (Å²) in [6, 6.07) is 7.54. The Hall–Kier alpha value is -2.17. The molecule has 3 rings (SSSR count). The van der Waals surface area contributed by atoms with Gasteiger partial charge in [-0.3, -0.25) is 9.89 Å². The topological polar surface area (TPSA) is 70.7 Å². The van der Waals surface area contributed by atoms with Gasteiger partial charge in [-0.1, -0.05) is 45.7 Å². The molecule has 2 aromatic rings. The second-order valence-corrected chi connectivity index (χ2v) is 8.07. The normalized spacial score (nSPS) is 18.8. The molecule has 26 heavy (non-hydrogen) atoms. The lowest BCUT2D eigenvalue weighted by Gasteiger charge is -2.27. The molecule has 0 bridgehead atoms. The number of carbonyl (C=O) groups excluding carboxylic acids is 1. The van der Waals surface area contributed by atoms with E-state index in [1.807, 2.05) is 24.3 Å². The van der Waals surface area contributed by atoms with Crippen molar-refractivity contribution in [3.8, 4) is 11.4 Å². The Kier molecular flexibility index (Phi) is 5.74. The monoisotopic (exact) mass is 354 g/mol. The first kappa shape index (κ1) is 18.6. The van der Waals surface area contributed by atoms with Gasteiger partial charge in [-0.2, -0.15) is 5.10 Å². The molecule has 1 amide bonds. The summed E-state index contributed by atoms with van der Waals surface area (Å²) >= 11 is 0. The van der Waals surface area contributed by atoms with Crippen molar-refractivity contribution < 1.29 is 4.79 Å². The fourth-order valence-corrected chi connectivity index (χ4v) is 3.75. The Bertz CT molecular complexity index is 733. The molecule has 140 valence electrons. The third kappa shape index (κ3) is 4.32. The zero-order valence-electron chi connectivity index (χ0n) is 16.1. The second kappa shape index (κ2) is 8.02. The summed E-state index contributed by atoms with van der Waals surface area (Å²) in [5.74, 6) is 2.18. The molecule has 1 heterocycles. The number of H-pyrrole nitrogens is 1. The molecule has 0 radical (unpaired) electrons. The van der Waals surface area contributed by atoms with Crippen LogP contribution >= 0.6 is 0 Å². The quantitative estimate of drug-likeness (QED) is 0.775. The summed E-state index contributed by atoms with van der Waals surface area (Å²) in [4.78, 5) is 17.0. The van der Waals surface area contributed by atoms with E-state index in [0.29, 0.717) is 22.7 Å². The van der Waals surface area contributed by atoms with Gasteiger partial charge in [0.15, 0.2) is 5.82 Å². The summed E-state index contributed by atoms with van der Waals surface area (Å²) in [7, 11) is 0. The number of nitrogens with zero attached hydrogens (tertiary/aromatic N) is 2. The summed E-state index contributed by atoms with van der Waals surface area (Å²) in [6.07, 6.45) is 6.88. The highest BCUT2D eigenvalue weighted by Gasteiger charge is 2.34. The smallest absolute Gasteiger partial charge is 0.251 e. The van der Waals surface area contributed by atoms with Crippen molar-refractivity contribution in [2.75, 3.05) is 6.54 Å². The van der Waals surface area contributed by atoms with Crippen molar-refractivity contribution in [1.82, 2.24) is 20.5 Å². The van der Waals surface area contributed by atoms with E-state index in [-0.39, 0.29) is 5.91 Å². The number of aromatic amines is 1. The van der Waals surface area contributed by atoms with Crippen LogP contribution in [-0.4, -0.2) is 27.6 Å². The van der Waals surface area contributed by atoms with Crippen LogP contribution in [-0.2, 0) is 6.42 Å². The first-order chi connectivity index (χ1) is 12.5. The Morgan fingerprint density at radius 1 is 1.31 bits per heavy atom. The van der Waals surface area contributed by atoms with E-state index in [1.165, 1.54) is 19.3 Å². The van der Waals surface area contributed by atoms with Gasteiger partial charge in [0.1, 0.15) is 5.82 Å². The van der Waals surface area contributed by atoms with Crippen LogP contribution in [0.4, 0.5) is 0 Å². The van der Waals surface area contributed by atoms with Crippen molar-refractivity contribution >= 4 is 5.91 Å². The van der Waals surface area contributed by atoms with Crippen LogP contribution in [0.15, 0.2) is 24.3 Å². The Labute approximate surface area is 156 Å². The maximum absolute atomic E-state index is 12.4. The van der Waals surface area contributed by atoms with Crippen LogP contribution < -0.4 is 5.32 Å². The minimum atomic E-state index is -0.00197. The molecule has 1 atom stereocenters. The zero-order valence-corrected chi connectivity index (χ0v) is 16.1. The SMILES string of the molecule is CCCCc1nc(-c2ccc(C(=O)NCC3CCCC3(C)C)cc2)n[nH]1. The molecule has 0 aliphatic heterocycles. The first-order valence-electron chi connectivity index (χ1n) is 9.79. The van der Waals surface area contributed by atoms with E-state index in [4.69, 9.17) is 0 Å². The number of benzene rings is 1. The number of hydrogen-bond acceptors (Lipinski definition) is 3. The lowest BCUT2D eigenvalue weighted by molar-refractivity contribution is 0.0937. The standard InChI is InChI=1S/C21H30N4O/c1-4-5-8-18-23-19(25-24-18)15-9-11-16(12-10-15)20(26)22-14-17-7-6-13-21(17,2)3/h9-12,17H,4-8,13-14H2,1-3H3,(H,22,26)(H,23,24,25). The highest BCUT2D eigenvalue weighted by atomic mass is 16.1. The van der Waals surface area contributed by atoms with Gasteiger partial charge in [-0.25, -0.2) is 4.98 Å². The number of hydrogen-bond donors (Lipinski definition) is 2. The van der Waals surface area contributed by atoms with Crippen molar-refractivity contribution in [2.45, 2.75) is 59.3 Å². The van der Waals surface area contributed by atoms with Crippen LogP contribution in [0.5, 0.6) is 0 Å². The van der Waals surface area contributed by atoms with E-state index < -0.39 is 0 Å². The maximum Gasteiger partial charge on any atom is 0.251 e. The van der Waals surface area contributed by atoms with E-state index in [0.717, 1.165) is 37.2 Å². The third-order valence-corrected chi connectivity index (χ3v) is 5.69. The van der Waals surface area contributed by atoms with Crippen LogP contribution in [0.25, 0.3) is 11.4 Å². The van der Waals surface area contributed by atoms with Crippen molar-refractivity contribution in [2.24, 2.45) is 11.3 Å². The first-order valence-corrected chi connectivity index (χ1v) is 9.79. The summed E-state index contributed by atoms with van der Waals surface area (Å²) in [6.45, 7) is 7.53. The largest absolute Gasteiger partial charge is 0.352 e. The van der Waals surface area contributed by atoms with Gasteiger partial charge < -0.3 is 5.32 Å². The Balaban J connectivity index is 1.58. The molecule has 1 fully saturated rings. The molecule has 1 aromatic carbocycles. The lowest BCUT2D eigenvalue weighted by Crippen LogP contribution is -2.33. The molecule has 5 nitrogen and oxygen atoms in total. The maximum atomic E-state index is 12.4. The molecule has 1 aliphatic carbocycles. The number of amides is 1. The summed E-state index contributed by atoms with van der Waals surface area (Å²) in [5.41, 5.74) is 1.95. The van der Waals surface area contributed by atoms with Gasteiger partial charge >= 0.3 is 0 Å². The average molecular weight is 354 g/mol. The average Bonchev–Trinajstić information content (AvgIpc) is 3.24. The minimum absolute atomic E-state index is 0.00197. The van der Waals surface area contributed by atoms with Crippen LogP contribution in [0.3, 0.4) is 0 Å². The molecule has 1 unspecified atom stereocenters. The predicted molar refractivity (Wildman–Crippen MR) is 104 cm³/mol. The van der Waals surface area contributed by atoms with Crippen LogP contribution in [0.2, 0.25) is 0 Å². The van der Waals surface area contributed by atoms with E-state index in [9.17, 15) is 4.79 Å². The molecule has 1 saturated carbocycles. The summed E-state index contributed by atoms with van der Waals surface area (Å²) < 4.78 is 0. The predicted octanol–water partition coefficient (Wildman–Crippen LogP) is 4.37. The minimum Gasteiger partial charge on any atom is -0.352 e. The highest BCUT2D eigenvalue weighted by Crippen LogP contribution is 2.42. The molecule has 2 N–H and O–H groups in total. The van der Waals surface area contributed by atoms with Crippen molar-refractivity contribution in [3.63, 3.8) is 0 Å². The van der Waals surface area contributed by atoms with Gasteiger partial charge in [0.25, 0.3) is 5.91 Å². The van der Waals surface area contributed by atoms with E-state index in [2.05, 4.69) is 41.3 Å². The number of unbranched alkanes of at least 4 members (excludes halogenated alkanes) is 1. The fourth-order valence-electron chi connectivity index (χ4n) is 3.75. The van der Waals surface area contributed by atoms with Gasteiger partial charge in [-0.15, -0.1) is 0 Å². The second-order valence-electron chi connectivity index (χ2n) is 8.07. The molecule has 0 saturated heterocycles. The van der Waals surface area contributed by atoms with Crippen molar-refractivity contribution in [3.05, 3.63) is 35.7 Å². The van der Waals surface area contributed by atoms with Crippen molar-refractivity contribution in [1.29, 1.82) is 0 Å². The van der Waals surface area contributed by atoms with E-state index in [1.54, 1.807) is 0 Å². The van der Waals surface area contributed by atoms with Gasteiger partial charge in [0.05, 0.1) is 0 Å². The third-order valence-electron chi connectivity index (χ3n) is 5.69. The molecule has 0 spiro atoms.